The predicted octanol–water partition coefficient (Wildman–Crippen LogP) is 3.31. The third kappa shape index (κ3) is 4.28. The number of aliphatic hydroxyl groups excluding tert-OH is 1. The lowest BCUT2D eigenvalue weighted by Crippen LogP contribution is -2.27. The van der Waals surface area contributed by atoms with Crippen molar-refractivity contribution in [2.24, 2.45) is 0 Å². The zero-order chi connectivity index (χ0) is 19.2. The van der Waals surface area contributed by atoms with Gasteiger partial charge in [-0.2, -0.15) is 0 Å². The van der Waals surface area contributed by atoms with Gasteiger partial charge in [-0.1, -0.05) is 25.1 Å². The molecule has 6 heteroatoms. The normalized spacial score (nSPS) is 12.1. The number of fused-ring (bicyclic) bond motifs is 1. The molecule has 142 valence electrons. The minimum atomic E-state index is -0.187. The van der Waals surface area contributed by atoms with E-state index in [2.05, 4.69) is 17.2 Å². The smallest absolute Gasteiger partial charge is 0.251 e. The molecule has 1 amide bonds. The van der Waals surface area contributed by atoms with Crippen molar-refractivity contribution < 1.29 is 14.6 Å². The van der Waals surface area contributed by atoms with E-state index in [1.165, 1.54) is 0 Å². The van der Waals surface area contributed by atoms with Gasteiger partial charge in [0.15, 0.2) is 0 Å². The van der Waals surface area contributed by atoms with Crippen LogP contribution in [0.15, 0.2) is 48.8 Å². The Hall–Kier alpha value is -2.86. The van der Waals surface area contributed by atoms with Crippen LogP contribution in [-0.4, -0.2) is 33.8 Å². The molecule has 3 aromatic rings. The summed E-state index contributed by atoms with van der Waals surface area (Å²) in [5.41, 5.74) is 3.13. The highest BCUT2D eigenvalue weighted by Gasteiger charge is 2.16. The molecule has 27 heavy (non-hydrogen) atoms. The van der Waals surface area contributed by atoms with E-state index in [0.717, 1.165) is 28.8 Å². The highest BCUT2D eigenvalue weighted by molar-refractivity contribution is 5.97. The van der Waals surface area contributed by atoms with Gasteiger partial charge < -0.3 is 19.7 Å². The van der Waals surface area contributed by atoms with Gasteiger partial charge in [0.25, 0.3) is 5.91 Å². The van der Waals surface area contributed by atoms with Crippen LogP contribution < -0.4 is 10.1 Å². The number of nitrogens with zero attached hydrogens (tertiary/aromatic N) is 2. The third-order valence-corrected chi connectivity index (χ3v) is 4.42. The number of nitrogens with one attached hydrogen (secondary N) is 1. The zero-order valence-corrected chi connectivity index (χ0v) is 15.7. The van der Waals surface area contributed by atoms with E-state index >= 15 is 0 Å². The van der Waals surface area contributed by atoms with Crippen molar-refractivity contribution in [1.29, 1.82) is 0 Å². The molecule has 0 aliphatic heterocycles. The molecule has 1 heterocycles. The van der Waals surface area contributed by atoms with Gasteiger partial charge in [0.1, 0.15) is 5.75 Å². The molecular weight excluding hydrogens is 342 g/mol. The van der Waals surface area contributed by atoms with E-state index in [1.54, 1.807) is 18.5 Å². The summed E-state index contributed by atoms with van der Waals surface area (Å²) in [4.78, 5) is 17.0. The molecule has 0 spiro atoms. The Morgan fingerprint density at radius 1 is 1.30 bits per heavy atom. The third-order valence-electron chi connectivity index (χ3n) is 4.42. The van der Waals surface area contributed by atoms with Crippen LogP contribution in [0, 0.1) is 0 Å². The molecule has 0 unspecified atom stereocenters. The van der Waals surface area contributed by atoms with Gasteiger partial charge in [0.2, 0.25) is 0 Å². The molecule has 0 saturated carbocycles. The van der Waals surface area contributed by atoms with Gasteiger partial charge in [-0.05, 0) is 37.6 Å². The van der Waals surface area contributed by atoms with Crippen LogP contribution in [-0.2, 0) is 6.54 Å². The Kier molecular flexibility index (Phi) is 6.08. The Balaban J connectivity index is 1.76. The summed E-state index contributed by atoms with van der Waals surface area (Å²) in [6, 6.07) is 13.0. The Labute approximate surface area is 158 Å². The number of ether oxygens (including phenoxy) is 1. The molecule has 0 aliphatic rings. The number of rotatable bonds is 8. The number of para-hydroxylation sites is 1. The van der Waals surface area contributed by atoms with E-state index < -0.39 is 0 Å². The van der Waals surface area contributed by atoms with E-state index in [4.69, 9.17) is 9.84 Å². The number of hydrogen-bond acceptors (Lipinski definition) is 4. The SMILES string of the molecule is CCCOc1ccccc1[C@@H](C)NC(=O)c1ccc2c(c1)ncn2CCO. The fourth-order valence-electron chi connectivity index (χ4n) is 3.03. The van der Waals surface area contributed by atoms with Crippen molar-refractivity contribution in [3.8, 4) is 5.75 Å². The van der Waals surface area contributed by atoms with E-state index in [1.807, 2.05) is 41.8 Å². The molecule has 0 aliphatic carbocycles. The van der Waals surface area contributed by atoms with Crippen molar-refractivity contribution in [2.45, 2.75) is 32.9 Å². The zero-order valence-electron chi connectivity index (χ0n) is 15.7. The molecule has 0 radical (unpaired) electrons. The first-order valence-electron chi connectivity index (χ1n) is 9.22. The van der Waals surface area contributed by atoms with Gasteiger partial charge >= 0.3 is 0 Å². The first-order chi connectivity index (χ1) is 13.1. The number of benzene rings is 2. The van der Waals surface area contributed by atoms with Crippen LogP contribution in [0.4, 0.5) is 0 Å². The standard InChI is InChI=1S/C21H25N3O3/c1-3-12-27-20-7-5-4-6-17(20)15(2)23-21(26)16-8-9-19-18(13-16)22-14-24(19)10-11-25/h4-9,13-15,25H,3,10-12H2,1-2H3,(H,23,26)/t15-/m1/s1. The lowest BCUT2D eigenvalue weighted by atomic mass is 10.1. The molecule has 1 aromatic heterocycles. The molecule has 3 rings (SSSR count). The molecule has 0 bridgehead atoms. The highest BCUT2D eigenvalue weighted by atomic mass is 16.5. The second-order valence-corrected chi connectivity index (χ2v) is 6.45. The molecule has 1 atom stereocenters. The Bertz CT molecular complexity index is 920. The monoisotopic (exact) mass is 367 g/mol. The molecule has 0 fully saturated rings. The fourth-order valence-corrected chi connectivity index (χ4v) is 3.03. The maximum absolute atomic E-state index is 12.7. The van der Waals surface area contributed by atoms with Gasteiger partial charge in [-0.3, -0.25) is 4.79 Å². The summed E-state index contributed by atoms with van der Waals surface area (Å²) in [5, 5.41) is 12.1. The molecular formula is C21H25N3O3. The van der Waals surface area contributed by atoms with Crippen LogP contribution in [0.25, 0.3) is 11.0 Å². The van der Waals surface area contributed by atoms with Crippen molar-refractivity contribution >= 4 is 16.9 Å². The summed E-state index contributed by atoms with van der Waals surface area (Å²) < 4.78 is 7.66. The van der Waals surface area contributed by atoms with Gasteiger partial charge in [-0.15, -0.1) is 0 Å². The fraction of sp³-hybridized carbons (Fsp3) is 0.333. The number of hydrogen-bond donors (Lipinski definition) is 2. The minimum Gasteiger partial charge on any atom is -0.493 e. The maximum atomic E-state index is 12.7. The first kappa shape index (κ1) is 18.9. The van der Waals surface area contributed by atoms with Gasteiger partial charge in [0.05, 0.1) is 36.6 Å². The van der Waals surface area contributed by atoms with Crippen molar-refractivity contribution in [1.82, 2.24) is 14.9 Å². The van der Waals surface area contributed by atoms with Crippen LogP contribution in [0.1, 0.15) is 42.2 Å². The summed E-state index contributed by atoms with van der Waals surface area (Å²) in [5.74, 6) is 0.636. The van der Waals surface area contributed by atoms with Gasteiger partial charge in [-0.25, -0.2) is 4.98 Å². The Morgan fingerprint density at radius 3 is 2.89 bits per heavy atom. The quantitative estimate of drug-likeness (QED) is 0.640. The van der Waals surface area contributed by atoms with E-state index in [0.29, 0.717) is 18.7 Å². The van der Waals surface area contributed by atoms with Crippen molar-refractivity contribution in [3.05, 3.63) is 59.9 Å². The number of imidazole rings is 1. The minimum absolute atomic E-state index is 0.0464. The summed E-state index contributed by atoms with van der Waals surface area (Å²) in [6.07, 6.45) is 2.60. The van der Waals surface area contributed by atoms with Gasteiger partial charge in [0, 0.05) is 17.7 Å². The topological polar surface area (TPSA) is 76.4 Å². The lowest BCUT2D eigenvalue weighted by Gasteiger charge is -2.18. The maximum Gasteiger partial charge on any atom is 0.251 e. The number of carbonyl (C=O) groups excluding carboxylic acids is 1. The Morgan fingerprint density at radius 2 is 2.11 bits per heavy atom. The molecule has 6 nitrogen and oxygen atoms in total. The summed E-state index contributed by atoms with van der Waals surface area (Å²) in [7, 11) is 0. The number of aromatic nitrogens is 2. The molecule has 2 N–H and O–H groups in total. The molecule has 2 aromatic carbocycles. The predicted molar refractivity (Wildman–Crippen MR) is 105 cm³/mol. The number of carbonyl (C=O) groups is 1. The van der Waals surface area contributed by atoms with E-state index in [9.17, 15) is 4.79 Å². The van der Waals surface area contributed by atoms with Crippen LogP contribution >= 0.6 is 0 Å². The van der Waals surface area contributed by atoms with Crippen LogP contribution in [0.3, 0.4) is 0 Å². The second kappa shape index (κ2) is 8.68. The first-order valence-corrected chi connectivity index (χ1v) is 9.22. The largest absolute Gasteiger partial charge is 0.493 e. The van der Waals surface area contributed by atoms with Crippen molar-refractivity contribution in [2.75, 3.05) is 13.2 Å². The number of amides is 1. The summed E-state index contributed by atoms with van der Waals surface area (Å²) in [6.45, 7) is 5.18. The lowest BCUT2D eigenvalue weighted by molar-refractivity contribution is 0.0939. The second-order valence-electron chi connectivity index (χ2n) is 6.45. The molecule has 0 saturated heterocycles. The summed E-state index contributed by atoms with van der Waals surface area (Å²) >= 11 is 0. The average Bonchev–Trinajstić information content (AvgIpc) is 3.09. The number of aliphatic hydroxyl groups is 1. The average molecular weight is 367 g/mol. The van der Waals surface area contributed by atoms with Crippen LogP contribution in [0.5, 0.6) is 5.75 Å². The van der Waals surface area contributed by atoms with Crippen LogP contribution in [0.2, 0.25) is 0 Å². The highest BCUT2D eigenvalue weighted by Crippen LogP contribution is 2.25. The van der Waals surface area contributed by atoms with E-state index in [-0.39, 0.29) is 18.6 Å². The van der Waals surface area contributed by atoms with Crippen molar-refractivity contribution in [3.63, 3.8) is 0 Å².